The molecule has 7 heteroatoms. The van der Waals surface area contributed by atoms with Gasteiger partial charge in [-0.25, -0.2) is 4.98 Å². The highest BCUT2D eigenvalue weighted by molar-refractivity contribution is 7.97. The van der Waals surface area contributed by atoms with Crippen molar-refractivity contribution in [2.24, 2.45) is 7.05 Å². The van der Waals surface area contributed by atoms with Gasteiger partial charge in [0.15, 0.2) is 0 Å². The van der Waals surface area contributed by atoms with Crippen LogP contribution in [0.4, 0.5) is 0 Å². The van der Waals surface area contributed by atoms with E-state index in [4.69, 9.17) is 4.74 Å². The topological polar surface area (TPSA) is 68.2 Å². The van der Waals surface area contributed by atoms with Gasteiger partial charge in [-0.2, -0.15) is 0 Å². The van der Waals surface area contributed by atoms with Crippen LogP contribution in [0.3, 0.4) is 0 Å². The quantitative estimate of drug-likeness (QED) is 0.246. The molecule has 35 heavy (non-hydrogen) atoms. The number of rotatable bonds is 9. The Morgan fingerprint density at radius 1 is 1.03 bits per heavy atom. The van der Waals surface area contributed by atoms with Crippen molar-refractivity contribution in [3.8, 4) is 17.0 Å². The van der Waals surface area contributed by atoms with Gasteiger partial charge in [0.25, 0.3) is 0 Å². The summed E-state index contributed by atoms with van der Waals surface area (Å²) in [5.41, 5.74) is 5.33. The van der Waals surface area contributed by atoms with Crippen LogP contribution >= 0.6 is 11.9 Å². The summed E-state index contributed by atoms with van der Waals surface area (Å²) in [7, 11) is 5.53. The summed E-state index contributed by atoms with van der Waals surface area (Å²) in [4.78, 5) is 17.0. The molecule has 1 heterocycles. The monoisotopic (exact) mass is 488 g/mol. The van der Waals surface area contributed by atoms with E-state index in [0.29, 0.717) is 6.42 Å². The molecule has 0 aliphatic rings. The average molecular weight is 489 g/mol. The van der Waals surface area contributed by atoms with Crippen molar-refractivity contribution < 1.29 is 9.53 Å². The molecule has 1 aromatic heterocycles. The van der Waals surface area contributed by atoms with Gasteiger partial charge in [-0.05, 0) is 73.8 Å². The molecule has 0 spiro atoms. The lowest BCUT2D eigenvalue weighted by molar-refractivity contribution is -0.110. The molecule has 1 amide bonds. The fourth-order valence-corrected chi connectivity index (χ4v) is 4.35. The zero-order valence-electron chi connectivity index (χ0n) is 20.6. The maximum absolute atomic E-state index is 11.2. The van der Waals surface area contributed by atoms with Gasteiger partial charge in [0.05, 0.1) is 30.9 Å². The number of hydrogen-bond donors (Lipinski definition) is 2. The van der Waals surface area contributed by atoms with Crippen LogP contribution in [0.15, 0.2) is 90.1 Å². The molecule has 3 aromatic carbocycles. The van der Waals surface area contributed by atoms with E-state index in [1.165, 1.54) is 10.5 Å². The van der Waals surface area contributed by atoms with E-state index in [0.717, 1.165) is 34.7 Å². The van der Waals surface area contributed by atoms with Gasteiger partial charge in [-0.15, -0.1) is 0 Å². The van der Waals surface area contributed by atoms with Gasteiger partial charge < -0.3 is 14.6 Å². The fourth-order valence-electron chi connectivity index (χ4n) is 3.75. The summed E-state index contributed by atoms with van der Waals surface area (Å²) < 4.78 is 10.2. The molecule has 182 valence electrons. The van der Waals surface area contributed by atoms with Crippen molar-refractivity contribution in [1.82, 2.24) is 19.6 Å². The van der Waals surface area contributed by atoms with Crippen LogP contribution in [-0.4, -0.2) is 30.1 Å². The number of benzene rings is 3. The second kappa shape index (κ2) is 13.4. The normalized spacial score (nSPS) is 11.2. The van der Waals surface area contributed by atoms with E-state index >= 15 is 0 Å². The molecule has 0 saturated heterocycles. The van der Waals surface area contributed by atoms with Crippen molar-refractivity contribution >= 4 is 18.4 Å². The molecule has 0 aliphatic carbocycles. The van der Waals surface area contributed by atoms with Gasteiger partial charge in [0.1, 0.15) is 5.75 Å². The van der Waals surface area contributed by atoms with Crippen LogP contribution in [0.5, 0.6) is 5.75 Å². The summed E-state index contributed by atoms with van der Waals surface area (Å²) >= 11 is 1.65. The number of carbonyl (C=O) groups is 1. The van der Waals surface area contributed by atoms with Crippen molar-refractivity contribution in [3.63, 3.8) is 0 Å². The summed E-state index contributed by atoms with van der Waals surface area (Å²) in [6, 6.07) is 26.0. The zero-order valence-corrected chi connectivity index (χ0v) is 21.4. The van der Waals surface area contributed by atoms with Crippen molar-refractivity contribution in [2.45, 2.75) is 24.3 Å². The lowest BCUT2D eigenvalue weighted by Crippen LogP contribution is -2.23. The molecule has 0 aliphatic heterocycles. The van der Waals surface area contributed by atoms with E-state index in [2.05, 4.69) is 52.3 Å². The lowest BCUT2D eigenvalue weighted by atomic mass is 9.99. The number of aryl methyl sites for hydroxylation is 2. The van der Waals surface area contributed by atoms with E-state index in [-0.39, 0.29) is 6.04 Å². The number of hydrogen-bond acceptors (Lipinski definition) is 5. The maximum atomic E-state index is 11.2. The van der Waals surface area contributed by atoms with Crippen LogP contribution < -0.4 is 14.8 Å². The SMILES string of the molecule is CNSc1ccccc1C.COc1ccc(-c2c(C(Cc3ccccc3)NC=O)ncn2C)cc1. The highest BCUT2D eigenvalue weighted by atomic mass is 32.2. The first kappa shape index (κ1) is 26.1. The molecule has 1 unspecified atom stereocenters. The first-order valence-electron chi connectivity index (χ1n) is 11.4. The minimum Gasteiger partial charge on any atom is -0.497 e. The molecule has 0 saturated carbocycles. The van der Waals surface area contributed by atoms with Crippen LogP contribution in [0, 0.1) is 6.92 Å². The summed E-state index contributed by atoms with van der Waals surface area (Å²) in [5, 5.41) is 2.91. The van der Waals surface area contributed by atoms with Gasteiger partial charge in [0, 0.05) is 17.5 Å². The zero-order chi connectivity index (χ0) is 25.0. The molecule has 0 fully saturated rings. The van der Waals surface area contributed by atoms with Crippen LogP contribution in [0.25, 0.3) is 11.3 Å². The summed E-state index contributed by atoms with van der Waals surface area (Å²) in [6.45, 7) is 2.11. The van der Waals surface area contributed by atoms with Crippen LogP contribution in [-0.2, 0) is 18.3 Å². The molecule has 2 N–H and O–H groups in total. The Balaban J connectivity index is 0.000000287. The predicted octanol–water partition coefficient (Wildman–Crippen LogP) is 5.35. The number of amides is 1. The molecular weight excluding hydrogens is 456 g/mol. The number of nitrogens with zero attached hydrogens (tertiary/aromatic N) is 2. The minimum atomic E-state index is -0.196. The van der Waals surface area contributed by atoms with Gasteiger partial charge in [0.2, 0.25) is 6.41 Å². The van der Waals surface area contributed by atoms with Crippen LogP contribution in [0.2, 0.25) is 0 Å². The lowest BCUT2D eigenvalue weighted by Gasteiger charge is -2.17. The van der Waals surface area contributed by atoms with Gasteiger partial charge in [-0.1, -0.05) is 48.5 Å². The average Bonchev–Trinajstić information content (AvgIpc) is 3.27. The standard InChI is InChI=1S/C20H21N3O2.C8H11NS/c1-23-13-21-19(20(23)16-8-10-17(25-2)11-9-16)18(22-14-24)12-15-6-4-3-5-7-15;1-7-5-3-4-6-8(7)10-9-2/h3-11,13-14,18H,12H2,1-2H3,(H,22,24);3-6,9H,1-2H3. The Morgan fingerprint density at radius 2 is 1.71 bits per heavy atom. The molecule has 4 rings (SSSR count). The van der Waals surface area contributed by atoms with E-state index in [9.17, 15) is 4.79 Å². The molecule has 1 atom stereocenters. The third-order valence-corrected chi connectivity index (χ3v) is 6.40. The van der Waals surface area contributed by atoms with Crippen molar-refractivity contribution in [2.75, 3.05) is 14.2 Å². The Morgan fingerprint density at radius 3 is 2.34 bits per heavy atom. The van der Waals surface area contributed by atoms with Crippen molar-refractivity contribution in [1.29, 1.82) is 0 Å². The predicted molar refractivity (Wildman–Crippen MR) is 143 cm³/mol. The molecule has 0 radical (unpaired) electrons. The number of ether oxygens (including phenoxy) is 1. The number of carbonyl (C=O) groups excluding carboxylic acids is 1. The first-order valence-corrected chi connectivity index (χ1v) is 12.2. The first-order chi connectivity index (χ1) is 17.1. The maximum Gasteiger partial charge on any atom is 0.207 e. The number of imidazole rings is 1. The van der Waals surface area contributed by atoms with Crippen LogP contribution in [0.1, 0.15) is 22.9 Å². The highest BCUT2D eigenvalue weighted by Gasteiger charge is 2.21. The third-order valence-electron chi connectivity index (χ3n) is 5.52. The Hall–Kier alpha value is -3.55. The summed E-state index contributed by atoms with van der Waals surface area (Å²) in [6.07, 6.45) is 3.19. The molecular formula is C28H32N4O2S. The highest BCUT2D eigenvalue weighted by Crippen LogP contribution is 2.30. The minimum absolute atomic E-state index is 0.196. The molecule has 0 bridgehead atoms. The van der Waals surface area contributed by atoms with E-state index in [1.54, 1.807) is 25.4 Å². The van der Waals surface area contributed by atoms with Crippen molar-refractivity contribution in [3.05, 3.63) is 102 Å². The Labute approximate surface area is 211 Å². The summed E-state index contributed by atoms with van der Waals surface area (Å²) in [5.74, 6) is 0.805. The largest absolute Gasteiger partial charge is 0.497 e. The second-order valence-corrected chi connectivity index (χ2v) is 8.97. The number of nitrogens with one attached hydrogen (secondary N) is 2. The number of methoxy groups -OCH3 is 1. The Kier molecular flexibility index (Phi) is 9.95. The molecule has 4 aromatic rings. The van der Waals surface area contributed by atoms with E-state index < -0.39 is 0 Å². The third kappa shape index (κ3) is 7.21. The van der Waals surface area contributed by atoms with E-state index in [1.807, 2.05) is 67.2 Å². The second-order valence-electron chi connectivity index (χ2n) is 7.92. The smallest absolute Gasteiger partial charge is 0.207 e. The fraction of sp³-hybridized carbons (Fsp3) is 0.214. The van der Waals surface area contributed by atoms with Gasteiger partial charge >= 0.3 is 0 Å². The Bertz CT molecular complexity index is 1190. The molecule has 6 nitrogen and oxygen atoms in total. The number of aromatic nitrogens is 2. The van der Waals surface area contributed by atoms with Gasteiger partial charge in [-0.3, -0.25) is 9.52 Å².